The molecule has 0 bridgehead atoms. The van der Waals surface area contributed by atoms with Gasteiger partial charge >= 0.3 is 0 Å². The third-order valence-corrected chi connectivity index (χ3v) is 8.62. The van der Waals surface area contributed by atoms with Crippen molar-refractivity contribution in [1.29, 1.82) is 0 Å². The molecule has 2 heterocycles. The number of hydrogen-bond acceptors (Lipinski definition) is 6. The summed E-state index contributed by atoms with van der Waals surface area (Å²) in [5.74, 6) is 0.161. The van der Waals surface area contributed by atoms with Gasteiger partial charge in [-0.2, -0.15) is 5.10 Å². The van der Waals surface area contributed by atoms with Crippen LogP contribution in [0.15, 0.2) is 91.4 Å². The average molecular weight is 545 g/mol. The fourth-order valence-electron chi connectivity index (χ4n) is 4.77. The van der Waals surface area contributed by atoms with E-state index in [1.54, 1.807) is 30.4 Å². The van der Waals surface area contributed by atoms with Crippen LogP contribution in [0.2, 0.25) is 0 Å². The molecule has 0 saturated carbocycles. The molecule has 1 N–H and O–H groups in total. The largest absolute Gasteiger partial charge is 0.493 e. The van der Waals surface area contributed by atoms with E-state index in [9.17, 15) is 13.2 Å². The molecule has 4 aromatic rings. The summed E-state index contributed by atoms with van der Waals surface area (Å²) in [7, 11) is -2.11. The Morgan fingerprint density at radius 3 is 2.62 bits per heavy atom. The number of carbonyl (C=O) groups excluding carboxylic acids is 1. The summed E-state index contributed by atoms with van der Waals surface area (Å²) < 4.78 is 35.6. The van der Waals surface area contributed by atoms with Crippen LogP contribution >= 0.6 is 0 Å². The van der Waals surface area contributed by atoms with E-state index in [1.165, 1.54) is 16.3 Å². The smallest absolute Gasteiger partial charge is 0.256 e. The number of nitrogens with zero attached hydrogens (tertiary/aromatic N) is 3. The molecule has 0 saturated heterocycles. The minimum Gasteiger partial charge on any atom is -0.493 e. The van der Waals surface area contributed by atoms with E-state index in [0.29, 0.717) is 31.7 Å². The van der Waals surface area contributed by atoms with Gasteiger partial charge in [0, 0.05) is 38.7 Å². The quantitative estimate of drug-likeness (QED) is 0.303. The molecule has 0 radical (unpaired) electrons. The number of nitrogens with one attached hydrogen (secondary N) is 1. The number of benzene rings is 3. The fourth-order valence-corrected chi connectivity index (χ4v) is 6.20. The first-order valence-electron chi connectivity index (χ1n) is 13.0. The molecule has 0 spiro atoms. The van der Waals surface area contributed by atoms with Crippen LogP contribution in [0.5, 0.6) is 5.75 Å². The topological polar surface area (TPSA) is 93.5 Å². The molecule has 1 aromatic heterocycles. The SMILES string of the molecule is CN1C=CCC1S(=O)(=O)NC(=O)CCc1ccc(Cn2cccn2)cc1OCCc1ccc2ccccc2c1. The maximum absolute atomic E-state index is 12.6. The second-order valence-corrected chi connectivity index (χ2v) is 11.6. The van der Waals surface area contributed by atoms with Gasteiger partial charge in [0.25, 0.3) is 10.0 Å². The molecular formula is C30H32N4O4S. The molecule has 0 aliphatic carbocycles. The highest BCUT2D eigenvalue weighted by Crippen LogP contribution is 2.24. The van der Waals surface area contributed by atoms with Crippen LogP contribution in [0.25, 0.3) is 10.8 Å². The van der Waals surface area contributed by atoms with E-state index in [4.69, 9.17) is 4.74 Å². The van der Waals surface area contributed by atoms with Gasteiger partial charge in [0.05, 0.1) is 13.2 Å². The highest BCUT2D eigenvalue weighted by atomic mass is 32.2. The summed E-state index contributed by atoms with van der Waals surface area (Å²) in [5, 5.41) is 5.91. The Balaban J connectivity index is 1.25. The van der Waals surface area contributed by atoms with Gasteiger partial charge in [-0.1, -0.05) is 60.7 Å². The summed E-state index contributed by atoms with van der Waals surface area (Å²) in [5.41, 5.74) is 3.05. The zero-order valence-corrected chi connectivity index (χ0v) is 22.7. The molecule has 1 aliphatic rings. The van der Waals surface area contributed by atoms with E-state index in [1.807, 2.05) is 47.3 Å². The Kier molecular flexibility index (Phi) is 7.97. The fraction of sp³-hybridized carbons (Fsp3) is 0.267. The molecule has 5 rings (SSSR count). The molecule has 1 unspecified atom stereocenters. The minimum atomic E-state index is -3.80. The van der Waals surface area contributed by atoms with Gasteiger partial charge in [0.2, 0.25) is 5.91 Å². The van der Waals surface area contributed by atoms with E-state index < -0.39 is 21.3 Å². The number of carbonyl (C=O) groups is 1. The molecule has 0 fully saturated rings. The summed E-state index contributed by atoms with van der Waals surface area (Å²) in [6.07, 6.45) is 8.59. The number of fused-ring (bicyclic) bond motifs is 1. The van der Waals surface area contributed by atoms with Crippen molar-refractivity contribution in [3.63, 3.8) is 0 Å². The molecule has 1 amide bonds. The zero-order valence-electron chi connectivity index (χ0n) is 21.9. The van der Waals surface area contributed by atoms with Crippen molar-refractivity contribution in [2.75, 3.05) is 13.7 Å². The van der Waals surface area contributed by atoms with Crippen LogP contribution in [0, 0.1) is 0 Å². The number of amides is 1. The van der Waals surface area contributed by atoms with Gasteiger partial charge < -0.3 is 9.64 Å². The highest BCUT2D eigenvalue weighted by molar-refractivity contribution is 7.90. The third kappa shape index (κ3) is 6.67. The van der Waals surface area contributed by atoms with Crippen molar-refractivity contribution in [2.45, 2.75) is 37.6 Å². The molecule has 202 valence electrons. The summed E-state index contributed by atoms with van der Waals surface area (Å²) in [6.45, 7) is 1.06. The first kappa shape index (κ1) is 26.5. The molecule has 1 aliphatic heterocycles. The standard InChI is InChI=1S/C30H32N4O4S/c1-33-17-4-8-30(33)39(36,37)32-29(35)14-13-26-12-10-24(22-34-18-5-16-31-34)21-28(26)38-19-15-23-9-11-25-6-2-3-7-27(25)20-23/h2-7,9-12,16-18,20-21,30H,8,13-15,19,22H2,1H3,(H,32,35). The second-order valence-electron chi connectivity index (χ2n) is 9.74. The number of ether oxygens (including phenoxy) is 1. The monoisotopic (exact) mass is 544 g/mol. The lowest BCUT2D eigenvalue weighted by Gasteiger charge is -2.21. The summed E-state index contributed by atoms with van der Waals surface area (Å²) in [4.78, 5) is 14.2. The molecule has 9 heteroatoms. The van der Waals surface area contributed by atoms with Crippen molar-refractivity contribution in [3.05, 3.63) is 108 Å². The predicted octanol–water partition coefficient (Wildman–Crippen LogP) is 4.26. The zero-order chi connectivity index (χ0) is 27.2. The van der Waals surface area contributed by atoms with Gasteiger partial charge in [-0.25, -0.2) is 8.42 Å². The first-order chi connectivity index (χ1) is 18.9. The highest BCUT2D eigenvalue weighted by Gasteiger charge is 2.31. The predicted molar refractivity (Wildman–Crippen MR) is 152 cm³/mol. The van der Waals surface area contributed by atoms with Crippen molar-refractivity contribution in [3.8, 4) is 5.75 Å². The van der Waals surface area contributed by atoms with E-state index in [0.717, 1.165) is 17.5 Å². The Bertz CT molecular complexity index is 1580. The lowest BCUT2D eigenvalue weighted by Crippen LogP contribution is -2.43. The number of aromatic nitrogens is 2. The van der Waals surface area contributed by atoms with Crippen molar-refractivity contribution in [1.82, 2.24) is 19.4 Å². The molecule has 1 atom stereocenters. The van der Waals surface area contributed by atoms with Gasteiger partial charge in [0.15, 0.2) is 5.37 Å². The normalized spacial score (nSPS) is 15.1. The lowest BCUT2D eigenvalue weighted by molar-refractivity contribution is -0.119. The molecule has 8 nitrogen and oxygen atoms in total. The summed E-state index contributed by atoms with van der Waals surface area (Å²) >= 11 is 0. The van der Waals surface area contributed by atoms with Crippen LogP contribution in [0.4, 0.5) is 0 Å². The van der Waals surface area contributed by atoms with Crippen LogP contribution in [-0.4, -0.2) is 48.0 Å². The van der Waals surface area contributed by atoms with Crippen LogP contribution in [-0.2, 0) is 34.2 Å². The molecule has 3 aromatic carbocycles. The third-order valence-electron chi connectivity index (χ3n) is 6.87. The number of sulfonamides is 1. The van der Waals surface area contributed by atoms with E-state index >= 15 is 0 Å². The van der Waals surface area contributed by atoms with Crippen LogP contribution in [0.1, 0.15) is 29.5 Å². The minimum absolute atomic E-state index is 0.0304. The molecular weight excluding hydrogens is 512 g/mol. The van der Waals surface area contributed by atoms with Gasteiger partial charge in [-0.15, -0.1) is 0 Å². The lowest BCUT2D eigenvalue weighted by atomic mass is 10.0. The Morgan fingerprint density at radius 2 is 1.85 bits per heavy atom. The van der Waals surface area contributed by atoms with Gasteiger partial charge in [-0.3, -0.25) is 14.2 Å². The maximum Gasteiger partial charge on any atom is 0.256 e. The van der Waals surface area contributed by atoms with E-state index in [-0.39, 0.29) is 6.42 Å². The summed E-state index contributed by atoms with van der Waals surface area (Å²) in [6, 6.07) is 22.5. The van der Waals surface area contributed by atoms with E-state index in [2.05, 4.69) is 40.2 Å². The number of hydrogen-bond donors (Lipinski definition) is 1. The second kappa shape index (κ2) is 11.7. The van der Waals surface area contributed by atoms with Crippen molar-refractivity contribution < 1.29 is 17.9 Å². The average Bonchev–Trinajstić information content (AvgIpc) is 3.60. The van der Waals surface area contributed by atoms with Crippen LogP contribution in [0.3, 0.4) is 0 Å². The van der Waals surface area contributed by atoms with Crippen LogP contribution < -0.4 is 9.46 Å². The van der Waals surface area contributed by atoms with Gasteiger partial charge in [-0.05, 0) is 52.2 Å². The Morgan fingerprint density at radius 1 is 1.03 bits per heavy atom. The Hall–Kier alpha value is -4.11. The Labute approximate surface area is 228 Å². The van der Waals surface area contributed by atoms with Crippen molar-refractivity contribution in [2.24, 2.45) is 0 Å². The molecule has 39 heavy (non-hydrogen) atoms. The number of aryl methyl sites for hydroxylation is 1. The van der Waals surface area contributed by atoms with Crippen molar-refractivity contribution >= 4 is 26.7 Å². The van der Waals surface area contributed by atoms with Gasteiger partial charge in [0.1, 0.15) is 5.75 Å². The maximum atomic E-state index is 12.6. The first-order valence-corrected chi connectivity index (χ1v) is 14.5. The number of rotatable bonds is 11.